The van der Waals surface area contributed by atoms with Gasteiger partial charge in [0.15, 0.2) is 0 Å². The van der Waals surface area contributed by atoms with Crippen LogP contribution in [-0.2, 0) is 11.3 Å². The fourth-order valence-electron chi connectivity index (χ4n) is 4.13. The molecule has 3 N–H and O–H groups in total. The Morgan fingerprint density at radius 3 is 2.45 bits per heavy atom. The van der Waals surface area contributed by atoms with Crippen molar-refractivity contribution in [2.75, 3.05) is 31.2 Å². The molecule has 2 aliphatic heterocycles. The number of alkyl halides is 3. The number of fused-ring (bicyclic) bond motifs is 1. The van der Waals surface area contributed by atoms with Crippen molar-refractivity contribution in [3.63, 3.8) is 0 Å². The Morgan fingerprint density at radius 2 is 1.83 bits per heavy atom. The van der Waals surface area contributed by atoms with Gasteiger partial charge in [-0.3, -0.25) is 4.79 Å². The van der Waals surface area contributed by atoms with Crippen LogP contribution >= 0.6 is 0 Å². The normalized spacial score (nSPS) is 20.4. The number of carbonyl (C=O) groups is 1. The van der Waals surface area contributed by atoms with Crippen LogP contribution in [0.4, 0.5) is 18.9 Å². The summed E-state index contributed by atoms with van der Waals surface area (Å²) in [4.78, 5) is 13.5. The minimum absolute atomic E-state index is 0.207. The van der Waals surface area contributed by atoms with Gasteiger partial charge in [0.05, 0.1) is 19.1 Å². The molecule has 0 aromatic heterocycles. The maximum atomic E-state index is 14.1. The zero-order valence-electron chi connectivity index (χ0n) is 15.7. The number of ether oxygens (including phenoxy) is 1. The summed E-state index contributed by atoms with van der Waals surface area (Å²) in [5.41, 5.74) is 7.91. The number of benzene rings is 2. The molecule has 0 bridgehead atoms. The lowest BCUT2D eigenvalue weighted by molar-refractivity contribution is -0.157. The topological polar surface area (TPSA) is 67.6 Å². The summed E-state index contributed by atoms with van der Waals surface area (Å²) < 4.78 is 47.5. The van der Waals surface area contributed by atoms with E-state index >= 15 is 0 Å². The van der Waals surface area contributed by atoms with Crippen molar-refractivity contribution in [2.45, 2.75) is 24.7 Å². The van der Waals surface area contributed by atoms with E-state index in [1.807, 2.05) is 0 Å². The molecule has 4 rings (SSSR count). The number of halogens is 3. The van der Waals surface area contributed by atoms with Gasteiger partial charge in [-0.2, -0.15) is 13.2 Å². The first-order chi connectivity index (χ1) is 13.8. The van der Waals surface area contributed by atoms with Crippen molar-refractivity contribution in [1.29, 1.82) is 0 Å². The molecule has 5 nitrogen and oxygen atoms in total. The summed E-state index contributed by atoms with van der Waals surface area (Å²) in [6.07, 6.45) is -4.43. The van der Waals surface area contributed by atoms with Crippen LogP contribution < -0.4 is 16.0 Å². The van der Waals surface area contributed by atoms with Crippen LogP contribution in [0.5, 0.6) is 0 Å². The molecule has 2 heterocycles. The molecule has 0 aliphatic carbocycles. The van der Waals surface area contributed by atoms with Gasteiger partial charge in [0.1, 0.15) is 0 Å². The number of amides is 1. The van der Waals surface area contributed by atoms with Gasteiger partial charge in [0.2, 0.25) is 5.91 Å². The number of hydrogen-bond acceptors (Lipinski definition) is 4. The lowest BCUT2D eigenvalue weighted by Gasteiger charge is -2.30. The molecule has 0 saturated carbocycles. The molecule has 1 fully saturated rings. The van der Waals surface area contributed by atoms with Gasteiger partial charge in [0.25, 0.3) is 0 Å². The van der Waals surface area contributed by atoms with Crippen molar-refractivity contribution >= 4 is 11.6 Å². The summed E-state index contributed by atoms with van der Waals surface area (Å²) >= 11 is 0. The van der Waals surface area contributed by atoms with Crippen LogP contribution in [0.3, 0.4) is 0 Å². The standard InChI is InChI=1S/C21H22F3N3O2/c22-21(23,24)18(13-1-4-16(5-2-13)27-7-9-29-10-8-27)19-17-6-3-14(20(25)28)11-15(17)12-26-19/h1-6,11,18-19,26H,7-10,12H2,(H2,25,28)/t18-,19?/m1/s1. The molecule has 0 radical (unpaired) electrons. The van der Waals surface area contributed by atoms with Crippen molar-refractivity contribution in [3.05, 3.63) is 64.7 Å². The predicted octanol–water partition coefficient (Wildman–Crippen LogP) is 3.11. The van der Waals surface area contributed by atoms with Crippen LogP contribution in [0.1, 0.15) is 39.0 Å². The van der Waals surface area contributed by atoms with E-state index in [9.17, 15) is 18.0 Å². The van der Waals surface area contributed by atoms with Crippen molar-refractivity contribution < 1.29 is 22.7 Å². The second-order valence-electron chi connectivity index (χ2n) is 7.35. The molecular weight excluding hydrogens is 383 g/mol. The number of nitrogens with zero attached hydrogens (tertiary/aromatic N) is 1. The van der Waals surface area contributed by atoms with E-state index in [-0.39, 0.29) is 12.1 Å². The van der Waals surface area contributed by atoms with Crippen LogP contribution in [0.2, 0.25) is 0 Å². The summed E-state index contributed by atoms with van der Waals surface area (Å²) in [6.45, 7) is 2.94. The van der Waals surface area contributed by atoms with E-state index in [0.29, 0.717) is 29.9 Å². The van der Waals surface area contributed by atoms with E-state index in [1.165, 1.54) is 6.07 Å². The number of morpholine rings is 1. The Labute approximate surface area is 166 Å². The van der Waals surface area contributed by atoms with Crippen molar-refractivity contribution in [2.24, 2.45) is 5.73 Å². The van der Waals surface area contributed by atoms with Gasteiger partial charge < -0.3 is 20.7 Å². The number of carbonyl (C=O) groups excluding carboxylic acids is 1. The van der Waals surface area contributed by atoms with Crippen LogP contribution in [-0.4, -0.2) is 38.4 Å². The molecule has 8 heteroatoms. The molecule has 2 aromatic rings. The SMILES string of the molecule is NC(=O)c1ccc2c(c1)CNC2[C@@H](c1ccc(N2CCOCC2)cc1)C(F)(F)F. The molecule has 154 valence electrons. The molecule has 29 heavy (non-hydrogen) atoms. The number of hydrogen-bond donors (Lipinski definition) is 2. The third-order valence-electron chi connectivity index (χ3n) is 5.59. The maximum Gasteiger partial charge on any atom is 0.397 e. The number of rotatable bonds is 4. The molecule has 2 atom stereocenters. The molecule has 2 aromatic carbocycles. The number of nitrogens with two attached hydrogens (primary N) is 1. The van der Waals surface area contributed by atoms with Crippen LogP contribution in [0.25, 0.3) is 0 Å². The largest absolute Gasteiger partial charge is 0.397 e. The van der Waals surface area contributed by atoms with E-state index in [0.717, 1.165) is 18.8 Å². The molecule has 2 aliphatic rings. The molecular formula is C21H22F3N3O2. The molecule has 1 amide bonds. The lowest BCUT2D eigenvalue weighted by Crippen LogP contribution is -2.36. The minimum Gasteiger partial charge on any atom is -0.378 e. The second-order valence-corrected chi connectivity index (χ2v) is 7.35. The molecule has 1 unspecified atom stereocenters. The lowest BCUT2D eigenvalue weighted by atomic mass is 9.86. The highest BCUT2D eigenvalue weighted by atomic mass is 19.4. The van der Waals surface area contributed by atoms with E-state index < -0.39 is 24.0 Å². The number of anilines is 1. The number of primary amides is 1. The zero-order chi connectivity index (χ0) is 20.6. The average Bonchev–Trinajstić information content (AvgIpc) is 3.11. The fourth-order valence-corrected chi connectivity index (χ4v) is 4.13. The van der Waals surface area contributed by atoms with E-state index in [1.54, 1.807) is 36.4 Å². The first-order valence-electron chi connectivity index (χ1n) is 9.50. The average molecular weight is 405 g/mol. The maximum absolute atomic E-state index is 14.1. The van der Waals surface area contributed by atoms with Crippen molar-refractivity contribution in [3.8, 4) is 0 Å². The monoisotopic (exact) mass is 405 g/mol. The van der Waals surface area contributed by atoms with Crippen molar-refractivity contribution in [1.82, 2.24) is 5.32 Å². The third kappa shape index (κ3) is 3.95. The smallest absolute Gasteiger partial charge is 0.378 e. The molecule has 0 spiro atoms. The Morgan fingerprint density at radius 1 is 1.14 bits per heavy atom. The highest BCUT2D eigenvalue weighted by Gasteiger charge is 2.48. The van der Waals surface area contributed by atoms with Gasteiger partial charge in [-0.05, 0) is 41.0 Å². The Kier molecular flexibility index (Phi) is 5.23. The Bertz CT molecular complexity index is 893. The highest BCUT2D eigenvalue weighted by Crippen LogP contribution is 2.46. The Balaban J connectivity index is 1.64. The number of nitrogens with one attached hydrogen (secondary N) is 1. The first-order valence-corrected chi connectivity index (χ1v) is 9.50. The Hall–Kier alpha value is -2.58. The van der Waals surface area contributed by atoms with Gasteiger partial charge in [-0.15, -0.1) is 0 Å². The summed E-state index contributed by atoms with van der Waals surface area (Å²) in [5.74, 6) is -2.29. The van der Waals surface area contributed by atoms with Crippen LogP contribution in [0.15, 0.2) is 42.5 Å². The van der Waals surface area contributed by atoms with Crippen LogP contribution in [0, 0.1) is 0 Å². The van der Waals surface area contributed by atoms with E-state index in [2.05, 4.69) is 10.2 Å². The zero-order valence-corrected chi connectivity index (χ0v) is 15.7. The quantitative estimate of drug-likeness (QED) is 0.820. The predicted molar refractivity (Wildman–Crippen MR) is 103 cm³/mol. The van der Waals surface area contributed by atoms with Gasteiger partial charge >= 0.3 is 6.18 Å². The second kappa shape index (κ2) is 7.68. The molecule has 1 saturated heterocycles. The first kappa shape index (κ1) is 19.7. The third-order valence-corrected chi connectivity index (χ3v) is 5.59. The minimum atomic E-state index is -4.43. The van der Waals surface area contributed by atoms with Gasteiger partial charge in [-0.25, -0.2) is 0 Å². The fraction of sp³-hybridized carbons (Fsp3) is 0.381. The van der Waals surface area contributed by atoms with Gasteiger partial charge in [0, 0.05) is 36.9 Å². The highest BCUT2D eigenvalue weighted by molar-refractivity contribution is 5.93. The van der Waals surface area contributed by atoms with Gasteiger partial charge in [-0.1, -0.05) is 18.2 Å². The van der Waals surface area contributed by atoms with E-state index in [4.69, 9.17) is 10.5 Å². The summed E-state index contributed by atoms with van der Waals surface area (Å²) in [6, 6.07) is 10.3. The summed E-state index contributed by atoms with van der Waals surface area (Å²) in [5, 5.41) is 2.97. The summed E-state index contributed by atoms with van der Waals surface area (Å²) in [7, 11) is 0.